The summed E-state index contributed by atoms with van der Waals surface area (Å²) in [4.78, 5) is 0. The zero-order valence-corrected chi connectivity index (χ0v) is 13.4. The molecule has 0 fully saturated rings. The van der Waals surface area contributed by atoms with Crippen molar-refractivity contribution >= 4 is 27.5 Å². The van der Waals surface area contributed by atoms with E-state index in [1.54, 1.807) is 6.20 Å². The van der Waals surface area contributed by atoms with Crippen molar-refractivity contribution in [3.05, 3.63) is 81.5 Å². The molecule has 2 aromatic carbocycles. The van der Waals surface area contributed by atoms with E-state index in [0.29, 0.717) is 5.02 Å². The molecule has 3 nitrogen and oxygen atoms in total. The number of rotatable bonds is 3. The number of para-hydroxylation sites is 1. The molecular formula is C16H13BrClN3. The summed E-state index contributed by atoms with van der Waals surface area (Å²) in [6.45, 7) is 0. The second-order valence-electron chi connectivity index (χ2n) is 4.65. The van der Waals surface area contributed by atoms with Gasteiger partial charge < -0.3 is 5.73 Å². The van der Waals surface area contributed by atoms with Crippen LogP contribution in [0.3, 0.4) is 0 Å². The maximum Gasteiger partial charge on any atom is 0.0728 e. The minimum Gasteiger partial charge on any atom is -0.319 e. The van der Waals surface area contributed by atoms with Crippen LogP contribution < -0.4 is 5.73 Å². The summed E-state index contributed by atoms with van der Waals surface area (Å²) in [5.41, 5.74) is 9.28. The third-order valence-electron chi connectivity index (χ3n) is 3.29. The average molecular weight is 363 g/mol. The molecule has 0 spiro atoms. The lowest BCUT2D eigenvalue weighted by Gasteiger charge is -2.15. The van der Waals surface area contributed by atoms with E-state index in [4.69, 9.17) is 17.3 Å². The van der Waals surface area contributed by atoms with Crippen molar-refractivity contribution in [2.24, 2.45) is 5.73 Å². The molecule has 1 atom stereocenters. The van der Waals surface area contributed by atoms with Gasteiger partial charge in [0.1, 0.15) is 0 Å². The van der Waals surface area contributed by atoms with E-state index >= 15 is 0 Å². The minimum absolute atomic E-state index is 0.277. The van der Waals surface area contributed by atoms with E-state index < -0.39 is 0 Å². The van der Waals surface area contributed by atoms with Crippen LogP contribution >= 0.6 is 27.5 Å². The lowest BCUT2D eigenvalue weighted by Crippen LogP contribution is -2.16. The van der Waals surface area contributed by atoms with Gasteiger partial charge >= 0.3 is 0 Å². The Hall–Kier alpha value is -1.62. The molecule has 0 aliphatic carbocycles. The zero-order chi connectivity index (χ0) is 14.8. The summed E-state index contributed by atoms with van der Waals surface area (Å²) in [5.74, 6) is 0. The van der Waals surface area contributed by atoms with Crippen LogP contribution in [0.4, 0.5) is 0 Å². The van der Waals surface area contributed by atoms with E-state index in [9.17, 15) is 0 Å². The highest BCUT2D eigenvalue weighted by atomic mass is 79.9. The number of halogens is 2. The van der Waals surface area contributed by atoms with Crippen molar-refractivity contribution in [2.45, 2.75) is 6.04 Å². The summed E-state index contributed by atoms with van der Waals surface area (Å²) >= 11 is 9.46. The molecule has 3 aromatic rings. The Balaban J connectivity index is 2.01. The van der Waals surface area contributed by atoms with Crippen LogP contribution in [0.2, 0.25) is 5.02 Å². The molecule has 5 heteroatoms. The van der Waals surface area contributed by atoms with Gasteiger partial charge in [-0.3, -0.25) is 0 Å². The van der Waals surface area contributed by atoms with Crippen molar-refractivity contribution in [3.8, 4) is 5.69 Å². The third kappa shape index (κ3) is 2.88. The number of hydrogen-bond donors (Lipinski definition) is 1. The van der Waals surface area contributed by atoms with Gasteiger partial charge in [0.05, 0.1) is 22.4 Å². The quantitative estimate of drug-likeness (QED) is 0.753. The van der Waals surface area contributed by atoms with Crippen LogP contribution in [0, 0.1) is 0 Å². The molecule has 0 amide bonds. The van der Waals surface area contributed by atoms with Gasteiger partial charge in [0.2, 0.25) is 0 Å². The van der Waals surface area contributed by atoms with E-state index in [1.165, 1.54) is 0 Å². The number of nitrogens with zero attached hydrogens (tertiary/aromatic N) is 2. The smallest absolute Gasteiger partial charge is 0.0728 e. The molecule has 0 radical (unpaired) electrons. The lowest BCUT2D eigenvalue weighted by atomic mass is 10.0. The summed E-state index contributed by atoms with van der Waals surface area (Å²) in [5, 5.41) is 5.04. The van der Waals surface area contributed by atoms with E-state index in [-0.39, 0.29) is 6.04 Å². The molecule has 1 heterocycles. The second kappa shape index (κ2) is 6.02. The predicted molar refractivity (Wildman–Crippen MR) is 88.7 cm³/mol. The SMILES string of the molecule is NC(c1ccc(Cl)c(Br)c1)c1ccnn1-c1ccccc1. The van der Waals surface area contributed by atoms with Gasteiger partial charge in [0, 0.05) is 10.7 Å². The fourth-order valence-electron chi connectivity index (χ4n) is 2.21. The maximum atomic E-state index is 6.39. The fraction of sp³-hybridized carbons (Fsp3) is 0.0625. The summed E-state index contributed by atoms with van der Waals surface area (Å²) in [7, 11) is 0. The van der Waals surface area contributed by atoms with E-state index in [1.807, 2.05) is 59.3 Å². The molecule has 0 saturated carbocycles. The Morgan fingerprint density at radius 3 is 2.57 bits per heavy atom. The topological polar surface area (TPSA) is 43.8 Å². The van der Waals surface area contributed by atoms with Crippen molar-refractivity contribution in [2.75, 3.05) is 0 Å². The highest BCUT2D eigenvalue weighted by Crippen LogP contribution is 2.28. The Labute approximate surface area is 136 Å². The molecule has 21 heavy (non-hydrogen) atoms. The van der Waals surface area contributed by atoms with Gasteiger partial charge in [0.15, 0.2) is 0 Å². The fourth-order valence-corrected chi connectivity index (χ4v) is 2.72. The number of benzene rings is 2. The van der Waals surface area contributed by atoms with Crippen LogP contribution in [0.1, 0.15) is 17.3 Å². The monoisotopic (exact) mass is 361 g/mol. The molecule has 0 aliphatic heterocycles. The summed E-state index contributed by atoms with van der Waals surface area (Å²) in [6.07, 6.45) is 1.76. The molecule has 106 valence electrons. The molecule has 1 unspecified atom stereocenters. The van der Waals surface area contributed by atoms with E-state index in [2.05, 4.69) is 21.0 Å². The Morgan fingerprint density at radius 2 is 1.86 bits per heavy atom. The first-order valence-corrected chi connectivity index (χ1v) is 7.64. The molecule has 0 bridgehead atoms. The van der Waals surface area contributed by atoms with Crippen molar-refractivity contribution in [1.29, 1.82) is 0 Å². The molecule has 3 rings (SSSR count). The van der Waals surface area contributed by atoms with Crippen LogP contribution in [-0.2, 0) is 0 Å². The third-order valence-corrected chi connectivity index (χ3v) is 4.51. The van der Waals surface area contributed by atoms with Crippen molar-refractivity contribution in [3.63, 3.8) is 0 Å². The molecule has 1 aromatic heterocycles. The first-order valence-electron chi connectivity index (χ1n) is 6.46. The standard InChI is InChI=1S/C16H13BrClN3/c17-13-10-11(6-7-14(13)18)16(19)15-8-9-20-21(15)12-4-2-1-3-5-12/h1-10,16H,19H2. The summed E-state index contributed by atoms with van der Waals surface area (Å²) < 4.78 is 2.69. The van der Waals surface area contributed by atoms with Crippen LogP contribution in [0.25, 0.3) is 5.69 Å². The first-order chi connectivity index (χ1) is 10.2. The zero-order valence-electron chi connectivity index (χ0n) is 11.1. The number of nitrogens with two attached hydrogens (primary N) is 1. The number of aromatic nitrogens is 2. The minimum atomic E-state index is -0.277. The normalized spacial score (nSPS) is 12.3. The van der Waals surface area contributed by atoms with Crippen LogP contribution in [0.15, 0.2) is 65.3 Å². The molecule has 2 N–H and O–H groups in total. The van der Waals surface area contributed by atoms with Gasteiger partial charge in [-0.15, -0.1) is 0 Å². The van der Waals surface area contributed by atoms with Crippen LogP contribution in [0.5, 0.6) is 0 Å². The largest absolute Gasteiger partial charge is 0.319 e. The maximum absolute atomic E-state index is 6.39. The van der Waals surface area contributed by atoms with Crippen LogP contribution in [-0.4, -0.2) is 9.78 Å². The Morgan fingerprint density at radius 1 is 1.10 bits per heavy atom. The predicted octanol–water partition coefficient (Wildman–Crippen LogP) is 4.34. The first kappa shape index (κ1) is 14.3. The van der Waals surface area contributed by atoms with Gasteiger partial charge in [-0.2, -0.15) is 5.10 Å². The molecule has 0 saturated heterocycles. The molecular weight excluding hydrogens is 350 g/mol. The Bertz CT molecular complexity index is 755. The number of hydrogen-bond acceptors (Lipinski definition) is 2. The van der Waals surface area contributed by atoms with Gasteiger partial charge in [-0.1, -0.05) is 35.9 Å². The van der Waals surface area contributed by atoms with Crippen molar-refractivity contribution in [1.82, 2.24) is 9.78 Å². The second-order valence-corrected chi connectivity index (χ2v) is 5.92. The highest BCUT2D eigenvalue weighted by molar-refractivity contribution is 9.10. The molecule has 0 aliphatic rings. The Kier molecular flexibility index (Phi) is 4.10. The van der Waals surface area contributed by atoms with Gasteiger partial charge in [0.25, 0.3) is 0 Å². The van der Waals surface area contributed by atoms with Gasteiger partial charge in [-0.05, 0) is 51.8 Å². The lowest BCUT2D eigenvalue weighted by molar-refractivity contribution is 0.739. The highest BCUT2D eigenvalue weighted by Gasteiger charge is 2.15. The van der Waals surface area contributed by atoms with Gasteiger partial charge in [-0.25, -0.2) is 4.68 Å². The van der Waals surface area contributed by atoms with E-state index in [0.717, 1.165) is 21.4 Å². The summed E-state index contributed by atoms with van der Waals surface area (Å²) in [6, 6.07) is 17.3. The van der Waals surface area contributed by atoms with Crippen molar-refractivity contribution < 1.29 is 0 Å². The average Bonchev–Trinajstić information content (AvgIpc) is 2.99.